The van der Waals surface area contributed by atoms with Gasteiger partial charge in [-0.2, -0.15) is 4.79 Å². The molecule has 1 atom stereocenters. The van der Waals surface area contributed by atoms with Gasteiger partial charge in [-0.25, -0.2) is 9.36 Å². The molecule has 0 radical (unpaired) electrons. The number of carbonyl (C=O) groups excluding carboxylic acids is 1. The summed E-state index contributed by atoms with van der Waals surface area (Å²) in [6.45, 7) is 4.71. The molecule has 0 saturated carbocycles. The first-order valence-electron chi connectivity index (χ1n) is 7.11. The van der Waals surface area contributed by atoms with E-state index in [1.807, 2.05) is 0 Å². The van der Waals surface area contributed by atoms with Crippen LogP contribution in [-0.4, -0.2) is 41.1 Å². The van der Waals surface area contributed by atoms with Crippen molar-refractivity contribution >= 4 is 30.6 Å². The minimum atomic E-state index is -4.33. The molecule has 0 spiro atoms. The Morgan fingerprint density at radius 3 is 2.16 bits per heavy atom. The molecule has 8 nitrogen and oxygen atoms in total. The molecule has 0 fully saturated rings. The van der Waals surface area contributed by atoms with Gasteiger partial charge in [0, 0.05) is 24.8 Å². The van der Waals surface area contributed by atoms with Gasteiger partial charge in [0.05, 0.1) is 0 Å². The van der Waals surface area contributed by atoms with Crippen LogP contribution in [0.25, 0.3) is 5.53 Å². The van der Waals surface area contributed by atoms with Crippen molar-refractivity contribution < 1.29 is 33.0 Å². The molecule has 1 aromatic rings. The molecule has 138 valence electrons. The van der Waals surface area contributed by atoms with Gasteiger partial charge < -0.3 is 24.4 Å². The highest BCUT2D eigenvalue weighted by molar-refractivity contribution is 7.72. The zero-order valence-electron chi connectivity index (χ0n) is 14.5. The van der Waals surface area contributed by atoms with Crippen molar-refractivity contribution in [3.8, 4) is 0 Å². The fourth-order valence-corrected chi connectivity index (χ4v) is 3.49. The summed E-state index contributed by atoms with van der Waals surface area (Å²) in [5, 5.41) is 11.1. The van der Waals surface area contributed by atoms with Gasteiger partial charge in [-0.1, -0.05) is 29.8 Å². The highest BCUT2D eigenvalue weighted by atomic mass is 35.5. The first-order chi connectivity index (χ1) is 11.5. The molecule has 0 amide bonds. The summed E-state index contributed by atoms with van der Waals surface area (Å²) in [7, 11) is -2.30. The summed E-state index contributed by atoms with van der Waals surface area (Å²) in [6, 6.07) is 5.73. The maximum Gasteiger partial charge on any atom is 0.441 e. The van der Waals surface area contributed by atoms with Crippen molar-refractivity contribution in [2.24, 2.45) is 0 Å². The summed E-state index contributed by atoms with van der Waals surface area (Å²) in [6.07, 6.45) is 0. The number of esters is 1. The number of ether oxygens (including phenoxy) is 1. The number of benzene rings is 1. The topological polar surface area (TPSA) is 118 Å². The molecule has 1 aromatic carbocycles. The van der Waals surface area contributed by atoms with Crippen molar-refractivity contribution in [2.75, 3.05) is 14.2 Å². The SMILES string of the molecule is COP(=O)(OC)C(=[N+]=[N-])[C@](O)(C(=O)OC(C)(C)C)c1ccccc1Cl. The Hall–Kier alpha value is -1.53. The number of rotatable bonds is 6. The standard InChI is InChI=1S/C15H20ClN2O6P/c1-14(2,3)24-13(19)15(20,10-8-6-7-9-11(10)16)12(18-17)25(21,22-4)23-5/h6-9,20H,1-5H3/t15-/m0/s1. The Morgan fingerprint density at radius 2 is 1.76 bits per heavy atom. The molecule has 0 saturated heterocycles. The highest BCUT2D eigenvalue weighted by Gasteiger charge is 2.62. The van der Waals surface area contributed by atoms with E-state index in [9.17, 15) is 20.0 Å². The van der Waals surface area contributed by atoms with E-state index in [1.54, 1.807) is 26.8 Å². The fraction of sp³-hybridized carbons (Fsp3) is 0.467. The van der Waals surface area contributed by atoms with Crippen molar-refractivity contribution in [1.82, 2.24) is 0 Å². The average Bonchev–Trinajstić information content (AvgIpc) is 2.53. The van der Waals surface area contributed by atoms with E-state index >= 15 is 0 Å². The average molecular weight is 391 g/mol. The minimum absolute atomic E-state index is 0.0456. The zero-order valence-corrected chi connectivity index (χ0v) is 16.2. The van der Waals surface area contributed by atoms with E-state index in [0.717, 1.165) is 14.2 Å². The van der Waals surface area contributed by atoms with Gasteiger partial charge in [0.1, 0.15) is 5.60 Å². The van der Waals surface area contributed by atoms with Crippen molar-refractivity contribution in [3.05, 3.63) is 40.4 Å². The fourth-order valence-electron chi connectivity index (χ4n) is 2.00. The molecule has 0 aliphatic rings. The van der Waals surface area contributed by atoms with Crippen LogP contribution in [0.4, 0.5) is 0 Å². The molecule has 0 heterocycles. The van der Waals surface area contributed by atoms with E-state index in [0.29, 0.717) is 0 Å². The third-order valence-electron chi connectivity index (χ3n) is 3.12. The maximum atomic E-state index is 12.8. The third-order valence-corrected chi connectivity index (χ3v) is 5.34. The van der Waals surface area contributed by atoms with Crippen LogP contribution in [-0.2, 0) is 28.7 Å². The molecule has 0 aromatic heterocycles. The predicted molar refractivity (Wildman–Crippen MR) is 91.4 cm³/mol. The van der Waals surface area contributed by atoms with Gasteiger partial charge >= 0.3 is 19.0 Å². The molecule has 10 heteroatoms. The van der Waals surface area contributed by atoms with Crippen LogP contribution in [0.1, 0.15) is 26.3 Å². The molecule has 1 N–H and O–H groups in total. The number of hydrogen-bond donors (Lipinski definition) is 1. The number of nitrogens with zero attached hydrogens (tertiary/aromatic N) is 2. The van der Waals surface area contributed by atoms with Crippen LogP contribution in [0.2, 0.25) is 5.02 Å². The van der Waals surface area contributed by atoms with Crippen LogP contribution >= 0.6 is 19.2 Å². The summed E-state index contributed by atoms with van der Waals surface area (Å²) >= 11 is 6.09. The molecule has 0 bridgehead atoms. The predicted octanol–water partition coefficient (Wildman–Crippen LogP) is 2.98. The first kappa shape index (κ1) is 21.5. The van der Waals surface area contributed by atoms with Crippen molar-refractivity contribution in [1.29, 1.82) is 0 Å². The van der Waals surface area contributed by atoms with Crippen molar-refractivity contribution in [2.45, 2.75) is 32.0 Å². The lowest BCUT2D eigenvalue weighted by Gasteiger charge is -2.29. The lowest BCUT2D eigenvalue weighted by Crippen LogP contribution is -2.48. The number of aliphatic hydroxyl groups is 1. The van der Waals surface area contributed by atoms with Gasteiger partial charge in [-0.15, -0.1) is 0 Å². The third kappa shape index (κ3) is 4.36. The lowest BCUT2D eigenvalue weighted by atomic mass is 9.94. The Balaban J connectivity index is 3.76. The maximum absolute atomic E-state index is 12.8. The van der Waals surface area contributed by atoms with Gasteiger partial charge in [0.15, 0.2) is 0 Å². The summed E-state index contributed by atoms with van der Waals surface area (Å²) in [5.74, 6) is -1.25. The first-order valence-corrected chi connectivity index (χ1v) is 9.03. The molecule has 1 rings (SSSR count). The van der Waals surface area contributed by atoms with E-state index in [-0.39, 0.29) is 10.6 Å². The van der Waals surface area contributed by atoms with Crippen LogP contribution in [0.15, 0.2) is 24.3 Å². The van der Waals surface area contributed by atoms with E-state index in [2.05, 4.69) is 4.79 Å². The monoisotopic (exact) mass is 390 g/mol. The van der Waals surface area contributed by atoms with Crippen LogP contribution in [0.3, 0.4) is 0 Å². The Labute approximate surface area is 150 Å². The molecular formula is C15H20ClN2O6P. The highest BCUT2D eigenvalue weighted by Crippen LogP contribution is 2.53. The van der Waals surface area contributed by atoms with Crippen LogP contribution in [0.5, 0.6) is 0 Å². The molecular weight excluding hydrogens is 371 g/mol. The summed E-state index contributed by atoms with van der Waals surface area (Å²) in [5.41, 5.74) is 4.43. The molecule has 25 heavy (non-hydrogen) atoms. The Morgan fingerprint density at radius 1 is 1.24 bits per heavy atom. The minimum Gasteiger partial charge on any atom is -0.457 e. The van der Waals surface area contributed by atoms with Gasteiger partial charge in [-0.05, 0) is 26.8 Å². The molecule has 0 unspecified atom stereocenters. The van der Waals surface area contributed by atoms with Crippen LogP contribution in [0, 0.1) is 0 Å². The lowest BCUT2D eigenvalue weighted by molar-refractivity contribution is -0.173. The number of halogens is 1. The Kier molecular flexibility index (Phi) is 6.70. The number of carbonyl (C=O) groups is 1. The second-order valence-corrected chi connectivity index (χ2v) is 8.53. The quantitative estimate of drug-likeness (QED) is 0.262. The molecule has 0 aliphatic heterocycles. The van der Waals surface area contributed by atoms with Gasteiger partial charge in [-0.3, -0.25) is 0 Å². The van der Waals surface area contributed by atoms with Gasteiger partial charge in [0.25, 0.3) is 5.60 Å². The second kappa shape index (κ2) is 7.79. The van der Waals surface area contributed by atoms with E-state index in [1.165, 1.54) is 18.2 Å². The second-order valence-electron chi connectivity index (χ2n) is 5.98. The normalized spacial score (nSPS) is 14.4. The van der Waals surface area contributed by atoms with Crippen molar-refractivity contribution in [3.63, 3.8) is 0 Å². The van der Waals surface area contributed by atoms with E-state index in [4.69, 9.17) is 25.4 Å². The number of hydrogen-bond acceptors (Lipinski definition) is 6. The van der Waals surface area contributed by atoms with Gasteiger partial charge in [0.2, 0.25) is 0 Å². The molecule has 0 aliphatic carbocycles. The largest absolute Gasteiger partial charge is 0.457 e. The smallest absolute Gasteiger partial charge is 0.441 e. The zero-order chi connectivity index (χ0) is 19.5. The van der Waals surface area contributed by atoms with E-state index < -0.39 is 30.2 Å². The summed E-state index contributed by atoms with van der Waals surface area (Å²) in [4.78, 5) is 15.6. The van der Waals surface area contributed by atoms with Crippen LogP contribution < -0.4 is 0 Å². The summed E-state index contributed by atoms with van der Waals surface area (Å²) < 4.78 is 27.5. The Bertz CT molecular complexity index is 749.